The zero-order valence-electron chi connectivity index (χ0n) is 16.2. The molecule has 2 aromatic carbocycles. The van der Waals surface area contributed by atoms with Crippen molar-refractivity contribution >= 4 is 44.4 Å². The van der Waals surface area contributed by atoms with Gasteiger partial charge in [-0.25, -0.2) is 0 Å². The molecule has 2 radical (unpaired) electrons. The molecule has 0 unspecified atom stereocenters. The molecule has 0 heterocycles. The van der Waals surface area contributed by atoms with E-state index in [1.165, 1.54) is 10.8 Å². The largest absolute Gasteiger partial charge is 0.168 e. The van der Waals surface area contributed by atoms with E-state index >= 15 is 0 Å². The Morgan fingerprint density at radius 1 is 1.12 bits per heavy atom. The summed E-state index contributed by atoms with van der Waals surface area (Å²) >= 11 is -0.826. The van der Waals surface area contributed by atoms with E-state index in [2.05, 4.69) is 62.1 Å². The Labute approximate surface area is 176 Å². The molecule has 0 saturated carbocycles. The molecule has 25 heavy (non-hydrogen) atoms. The van der Waals surface area contributed by atoms with E-state index < -0.39 is 20.8 Å². The fraction of sp³-hybridized carbons (Fsp3) is 0.500. The number of rotatable bonds is 3. The van der Waals surface area contributed by atoms with Crippen molar-refractivity contribution in [3.8, 4) is 0 Å². The van der Waals surface area contributed by atoms with E-state index in [0.717, 1.165) is 6.04 Å². The Morgan fingerprint density at radius 2 is 1.60 bits per heavy atom. The standard InChI is InChI=1S/C9H7.C5H14OSi2.C4H10N.2ClH.Zr/c1-2-5-9-7-3-6-8(9)4-1;1-7(2)8(3)5-4-6;1-4(2,3)5;;;/h1-7H;6H,4-5H2,1-3H3;5H,1-3H3;2*1H;/q-1;;-1;;;+4/p-2. The predicted octanol–water partition coefficient (Wildman–Crippen LogP) is 6.71. The zero-order valence-corrected chi connectivity index (χ0v) is 22.1. The van der Waals surface area contributed by atoms with E-state index in [1.54, 1.807) is 0 Å². The summed E-state index contributed by atoms with van der Waals surface area (Å²) in [7, 11) is 9.73. The van der Waals surface area contributed by atoms with E-state index in [1.807, 2.05) is 20.8 Å². The maximum atomic E-state index is 8.53. The second-order valence-corrected chi connectivity index (χ2v) is 20.1. The number of aliphatic hydroxyl groups is 1. The maximum absolute atomic E-state index is 8.53. The molecule has 2 nitrogen and oxygen atoms in total. The first-order chi connectivity index (χ1) is 11.6. The number of nitrogens with one attached hydrogen (secondary N) is 1. The van der Waals surface area contributed by atoms with Crippen LogP contribution in [0.5, 0.6) is 0 Å². The molecule has 0 aliphatic rings. The first-order valence-corrected chi connectivity index (χ1v) is 20.2. The summed E-state index contributed by atoms with van der Waals surface area (Å²) in [4.78, 5) is 0. The summed E-state index contributed by atoms with van der Waals surface area (Å²) in [6, 6.07) is 15.8. The third kappa shape index (κ3) is 20.8. The molecule has 0 amide bonds. The van der Waals surface area contributed by atoms with E-state index in [4.69, 9.17) is 27.9 Å². The zero-order chi connectivity index (χ0) is 19.9. The van der Waals surface area contributed by atoms with Crippen LogP contribution in [0, 0.1) is 0 Å². The fourth-order valence-electron chi connectivity index (χ4n) is 1.49. The summed E-state index contributed by atoms with van der Waals surface area (Å²) in [6.45, 7) is 12.9. The molecule has 2 rings (SSSR count). The molecule has 0 aromatic heterocycles. The molecule has 0 fully saturated rings. The third-order valence-electron chi connectivity index (χ3n) is 2.89. The van der Waals surface area contributed by atoms with Crippen LogP contribution in [-0.4, -0.2) is 33.9 Å². The van der Waals surface area contributed by atoms with Gasteiger partial charge in [-0.05, 0) is 6.04 Å². The van der Waals surface area contributed by atoms with Crippen molar-refractivity contribution in [2.45, 2.75) is 52.0 Å². The van der Waals surface area contributed by atoms with Gasteiger partial charge >= 0.3 is 37.9 Å². The summed E-state index contributed by atoms with van der Waals surface area (Å²) in [5.41, 5.74) is 6.69. The van der Waals surface area contributed by atoms with Crippen LogP contribution >= 0.6 is 17.0 Å². The maximum Gasteiger partial charge on any atom is -0.0809 e. The van der Waals surface area contributed by atoms with Gasteiger partial charge in [-0.15, -0.1) is 35.2 Å². The van der Waals surface area contributed by atoms with Gasteiger partial charge in [-0.1, -0.05) is 46.5 Å². The van der Waals surface area contributed by atoms with Crippen LogP contribution in [0.25, 0.3) is 16.5 Å². The number of halogens is 2. The van der Waals surface area contributed by atoms with Crippen LogP contribution < -0.4 is 0 Å². The molecule has 0 spiro atoms. The van der Waals surface area contributed by atoms with Crippen molar-refractivity contribution in [2.75, 3.05) is 6.61 Å². The van der Waals surface area contributed by atoms with Crippen LogP contribution in [0.4, 0.5) is 0 Å². The SMILES string of the molecule is CC(C)(C)[NH-].C[Si](C)[Si](C)CCO.[Cl][Zr+2][Cl].c1ccc2[cH-]ccc2c1. The Hall–Kier alpha value is 0.647. The van der Waals surface area contributed by atoms with Gasteiger partial charge in [0.1, 0.15) is 0 Å². The average molecular weight is 496 g/mol. The molecule has 0 atom stereocenters. The minimum absolute atomic E-state index is 0.0331. The van der Waals surface area contributed by atoms with Crippen LogP contribution in [0.3, 0.4) is 0 Å². The van der Waals surface area contributed by atoms with Crippen LogP contribution in [-0.2, 0) is 20.8 Å². The number of aliphatic hydroxyl groups excluding tert-OH is 1. The van der Waals surface area contributed by atoms with Crippen molar-refractivity contribution < 1.29 is 26.0 Å². The summed E-state index contributed by atoms with van der Waals surface area (Å²) < 4.78 is 0. The van der Waals surface area contributed by atoms with Gasteiger partial charge in [-0.3, -0.25) is 0 Å². The minimum Gasteiger partial charge on any atom is -0.168 e. The molecule has 0 bridgehead atoms. The average Bonchev–Trinajstić information content (AvgIpc) is 2.95. The number of hydrogen-bond donors (Lipinski definition) is 1. The Kier molecular flexibility index (Phi) is 18.7. The molecular formula is C18H31Cl2NOSi2Zr. The van der Waals surface area contributed by atoms with Crippen LogP contribution in [0.2, 0.25) is 25.7 Å². The van der Waals surface area contributed by atoms with Crippen molar-refractivity contribution in [3.05, 3.63) is 48.2 Å². The molecular weight excluding hydrogens is 465 g/mol. The summed E-state index contributed by atoms with van der Waals surface area (Å²) in [5, 5.41) is 11.2. The first kappa shape index (κ1) is 27.9. The van der Waals surface area contributed by atoms with Gasteiger partial charge in [-0.2, -0.15) is 17.5 Å². The molecule has 7 heteroatoms. The Morgan fingerprint density at radius 3 is 1.96 bits per heavy atom. The monoisotopic (exact) mass is 493 g/mol. The van der Waals surface area contributed by atoms with Crippen LogP contribution in [0.1, 0.15) is 20.8 Å². The molecule has 0 aliphatic heterocycles. The predicted molar refractivity (Wildman–Crippen MR) is 116 cm³/mol. The topological polar surface area (TPSA) is 44.0 Å². The molecule has 0 saturated heterocycles. The van der Waals surface area contributed by atoms with Gasteiger partial charge in [0.25, 0.3) is 0 Å². The summed E-state index contributed by atoms with van der Waals surface area (Å²) in [5.74, 6) is 0. The number of benzene rings is 1. The smallest absolute Gasteiger partial charge is 0.0809 e. The van der Waals surface area contributed by atoms with Crippen molar-refractivity contribution in [1.29, 1.82) is 0 Å². The van der Waals surface area contributed by atoms with Gasteiger partial charge < -0.3 is 10.8 Å². The van der Waals surface area contributed by atoms with Gasteiger partial charge in [0.05, 0.1) is 0 Å². The van der Waals surface area contributed by atoms with E-state index in [-0.39, 0.29) is 22.2 Å². The molecule has 2 aromatic rings. The second kappa shape index (κ2) is 16.8. The Balaban J connectivity index is 0. The van der Waals surface area contributed by atoms with Crippen molar-refractivity contribution in [1.82, 2.24) is 0 Å². The van der Waals surface area contributed by atoms with Gasteiger partial charge in [0, 0.05) is 23.2 Å². The third-order valence-corrected chi connectivity index (χ3v) is 11.4. The first-order valence-electron chi connectivity index (χ1n) is 8.12. The quantitative estimate of drug-likeness (QED) is 0.373. The normalized spacial score (nSPS) is 10.1. The number of hydrogen-bond acceptors (Lipinski definition) is 1. The minimum atomic E-state index is -0.826. The van der Waals surface area contributed by atoms with Crippen LogP contribution in [0.15, 0.2) is 42.5 Å². The van der Waals surface area contributed by atoms with Gasteiger partial charge in [0.2, 0.25) is 0 Å². The van der Waals surface area contributed by atoms with Crippen molar-refractivity contribution in [3.63, 3.8) is 0 Å². The van der Waals surface area contributed by atoms with E-state index in [0.29, 0.717) is 6.61 Å². The molecule has 140 valence electrons. The summed E-state index contributed by atoms with van der Waals surface area (Å²) in [6.07, 6.45) is 0. The van der Waals surface area contributed by atoms with E-state index in [9.17, 15) is 0 Å². The fourth-order valence-corrected chi connectivity index (χ4v) is 4.16. The molecule has 0 aliphatic carbocycles. The Bertz CT molecular complexity index is 497. The number of fused-ring (bicyclic) bond motifs is 1. The molecule has 2 N–H and O–H groups in total. The van der Waals surface area contributed by atoms with Crippen molar-refractivity contribution in [2.24, 2.45) is 0 Å². The second-order valence-electron chi connectivity index (χ2n) is 6.73. The van der Waals surface area contributed by atoms with Gasteiger partial charge in [0.15, 0.2) is 0 Å².